The summed E-state index contributed by atoms with van der Waals surface area (Å²) in [5, 5.41) is 0. The van der Waals surface area contributed by atoms with Crippen molar-refractivity contribution in [1.82, 2.24) is 13.7 Å². The largest absolute Gasteiger partial charge is 0.464 e. The van der Waals surface area contributed by atoms with Gasteiger partial charge in [-0.1, -0.05) is 0 Å². The topological polar surface area (TPSA) is 165 Å². The number of rotatable bonds is 15. The summed E-state index contributed by atoms with van der Waals surface area (Å²) >= 11 is 0. The molecule has 0 amide bonds. The number of carbonyl (C=O) groups excluding carboxylic acids is 2. The van der Waals surface area contributed by atoms with Crippen molar-refractivity contribution in [3.05, 3.63) is 31.5 Å². The Morgan fingerprint density at radius 2 is 1.33 bits per heavy atom. The van der Waals surface area contributed by atoms with E-state index in [4.69, 9.17) is 28.4 Å². The van der Waals surface area contributed by atoms with Crippen LogP contribution in [0.15, 0.2) is 14.4 Å². The number of ether oxygens (including phenoxy) is 6. The third kappa shape index (κ3) is 6.90. The van der Waals surface area contributed by atoms with Crippen LogP contribution in [0.2, 0.25) is 0 Å². The molecule has 0 aromatic carbocycles. The van der Waals surface area contributed by atoms with Gasteiger partial charge in [-0.15, -0.1) is 0 Å². The normalized spacial score (nSPS) is 35.9. The molecule has 4 heterocycles. The molecule has 3 aliphatic carbocycles. The molecule has 45 heavy (non-hydrogen) atoms. The molecular formula is C31H43N3O11. The van der Waals surface area contributed by atoms with Crippen LogP contribution in [0.5, 0.6) is 0 Å². The van der Waals surface area contributed by atoms with Crippen LogP contribution in [0.4, 0.5) is 0 Å². The number of hydrogen-bond acceptors (Lipinski definition) is 11. The van der Waals surface area contributed by atoms with Crippen LogP contribution in [-0.4, -0.2) is 95.6 Å². The molecule has 3 aliphatic heterocycles. The van der Waals surface area contributed by atoms with Gasteiger partial charge in [0.25, 0.3) is 0 Å². The Kier molecular flexibility index (Phi) is 8.85. The van der Waals surface area contributed by atoms with Crippen LogP contribution < -0.4 is 17.1 Å². The van der Waals surface area contributed by atoms with E-state index in [1.807, 2.05) is 0 Å². The predicted octanol–water partition coefficient (Wildman–Crippen LogP) is 0.0197. The highest BCUT2D eigenvalue weighted by atomic mass is 16.6. The lowest BCUT2D eigenvalue weighted by molar-refractivity contribution is -0.149. The van der Waals surface area contributed by atoms with E-state index >= 15 is 0 Å². The van der Waals surface area contributed by atoms with Crippen molar-refractivity contribution >= 4 is 12.3 Å². The molecule has 0 radical (unpaired) electrons. The molecule has 1 aromatic rings. The average molecular weight is 634 g/mol. The van der Waals surface area contributed by atoms with E-state index in [1.165, 1.54) is 0 Å². The number of aldehydes is 1. The zero-order chi connectivity index (χ0) is 31.1. The summed E-state index contributed by atoms with van der Waals surface area (Å²) < 4.78 is 36.7. The van der Waals surface area contributed by atoms with Gasteiger partial charge in [0.1, 0.15) is 12.9 Å². The number of epoxide rings is 3. The fourth-order valence-corrected chi connectivity index (χ4v) is 7.52. The molecule has 9 unspecified atom stereocenters. The summed E-state index contributed by atoms with van der Waals surface area (Å²) in [5.74, 6) is -0.253. The number of hydrogen-bond donors (Lipinski definition) is 0. The zero-order valence-electron chi connectivity index (χ0n) is 25.5. The van der Waals surface area contributed by atoms with Gasteiger partial charge in [0, 0.05) is 6.61 Å². The van der Waals surface area contributed by atoms with Gasteiger partial charge in [0.2, 0.25) is 0 Å². The lowest BCUT2D eigenvalue weighted by Gasteiger charge is -2.29. The zero-order valence-corrected chi connectivity index (χ0v) is 25.5. The minimum Gasteiger partial charge on any atom is -0.464 e. The van der Waals surface area contributed by atoms with Crippen molar-refractivity contribution in [3.63, 3.8) is 0 Å². The number of esters is 1. The van der Waals surface area contributed by atoms with Gasteiger partial charge in [0.15, 0.2) is 0 Å². The molecule has 14 heteroatoms. The lowest BCUT2D eigenvalue weighted by atomic mass is 9.76. The molecular weight excluding hydrogens is 590 g/mol. The quantitative estimate of drug-likeness (QED) is 0.111. The van der Waals surface area contributed by atoms with Crippen molar-refractivity contribution in [2.75, 3.05) is 33.0 Å². The number of fused-ring (bicyclic) bond motifs is 3. The van der Waals surface area contributed by atoms with Gasteiger partial charge in [-0.3, -0.25) is 4.79 Å². The van der Waals surface area contributed by atoms with Gasteiger partial charge in [-0.2, -0.15) is 0 Å². The molecule has 9 atom stereocenters. The Morgan fingerprint density at radius 3 is 1.98 bits per heavy atom. The van der Waals surface area contributed by atoms with E-state index in [-0.39, 0.29) is 82.4 Å². The Bertz CT molecular complexity index is 1450. The highest BCUT2D eigenvalue weighted by Crippen LogP contribution is 2.45. The Labute approximate surface area is 259 Å². The molecule has 6 aliphatic rings. The number of carbonyl (C=O) groups is 2. The third-order valence-corrected chi connectivity index (χ3v) is 10.5. The first-order valence-electron chi connectivity index (χ1n) is 16.5. The molecule has 0 bridgehead atoms. The molecule has 1 aromatic heterocycles. The maximum absolute atomic E-state index is 13.4. The van der Waals surface area contributed by atoms with Crippen molar-refractivity contribution < 1.29 is 38.0 Å². The summed E-state index contributed by atoms with van der Waals surface area (Å²) in [6, 6.07) is 0. The second-order valence-corrected chi connectivity index (χ2v) is 13.6. The number of aromatic nitrogens is 3. The molecule has 0 N–H and O–H groups in total. The highest BCUT2D eigenvalue weighted by molar-refractivity contribution is 5.72. The monoisotopic (exact) mass is 633 g/mol. The Balaban J connectivity index is 0.992. The molecule has 3 saturated carbocycles. The summed E-state index contributed by atoms with van der Waals surface area (Å²) in [5.41, 5.74) is -2.97. The summed E-state index contributed by atoms with van der Waals surface area (Å²) in [6.07, 6.45) is 9.57. The van der Waals surface area contributed by atoms with Crippen molar-refractivity contribution in [2.45, 2.75) is 114 Å². The van der Waals surface area contributed by atoms with E-state index in [1.54, 1.807) is 0 Å². The van der Waals surface area contributed by atoms with E-state index in [9.17, 15) is 24.0 Å². The summed E-state index contributed by atoms with van der Waals surface area (Å²) in [6.45, 7) is 0.295. The molecule has 14 nitrogen and oxygen atoms in total. The van der Waals surface area contributed by atoms with Crippen LogP contribution >= 0.6 is 0 Å². The first-order chi connectivity index (χ1) is 21.8. The Hall–Kier alpha value is -2.65. The fraction of sp³-hybridized carbons (Fsp3) is 0.839. The second-order valence-electron chi connectivity index (χ2n) is 13.6. The van der Waals surface area contributed by atoms with Crippen LogP contribution in [0.25, 0.3) is 0 Å². The SMILES string of the molecule is O=CC1(COCCn2c(=O)n(CCOCC3CCC4OC4C3)c(=O)n(CCOC(=O)C3CCC4OC4C3)c2=O)CCC2OC2C1. The summed E-state index contributed by atoms with van der Waals surface area (Å²) in [4.78, 5) is 64.8. The fourth-order valence-electron chi connectivity index (χ4n) is 7.52. The first kappa shape index (κ1) is 31.0. The summed E-state index contributed by atoms with van der Waals surface area (Å²) in [7, 11) is 0. The highest BCUT2D eigenvalue weighted by Gasteiger charge is 2.51. The molecule has 0 spiro atoms. The van der Waals surface area contributed by atoms with Crippen molar-refractivity contribution in [3.8, 4) is 0 Å². The first-order valence-corrected chi connectivity index (χ1v) is 16.5. The van der Waals surface area contributed by atoms with Crippen molar-refractivity contribution in [1.29, 1.82) is 0 Å². The van der Waals surface area contributed by atoms with Gasteiger partial charge in [0.05, 0.1) is 87.4 Å². The average Bonchev–Trinajstić information content (AvgIpc) is 3.94. The smallest absolute Gasteiger partial charge is 0.336 e. The maximum Gasteiger partial charge on any atom is 0.336 e. The molecule has 3 saturated heterocycles. The minimum atomic E-state index is -0.799. The van der Waals surface area contributed by atoms with Gasteiger partial charge in [-0.25, -0.2) is 28.1 Å². The van der Waals surface area contributed by atoms with Crippen LogP contribution in [-0.2, 0) is 57.6 Å². The molecule has 6 fully saturated rings. The van der Waals surface area contributed by atoms with Crippen LogP contribution in [0, 0.1) is 17.3 Å². The van der Waals surface area contributed by atoms with Crippen molar-refractivity contribution in [2.24, 2.45) is 17.3 Å². The second kappa shape index (κ2) is 12.9. The predicted molar refractivity (Wildman–Crippen MR) is 155 cm³/mol. The van der Waals surface area contributed by atoms with Gasteiger partial charge < -0.3 is 33.2 Å². The van der Waals surface area contributed by atoms with Crippen LogP contribution in [0.3, 0.4) is 0 Å². The lowest BCUT2D eigenvalue weighted by Crippen LogP contribution is -2.55. The van der Waals surface area contributed by atoms with E-state index < -0.39 is 22.5 Å². The van der Waals surface area contributed by atoms with E-state index in [0.717, 1.165) is 52.1 Å². The van der Waals surface area contributed by atoms with Gasteiger partial charge in [-0.05, 0) is 63.7 Å². The van der Waals surface area contributed by atoms with E-state index in [0.29, 0.717) is 50.4 Å². The Morgan fingerprint density at radius 1 is 0.733 bits per heavy atom. The number of nitrogens with zero attached hydrogens (tertiary/aromatic N) is 3. The maximum atomic E-state index is 13.4. The van der Waals surface area contributed by atoms with Gasteiger partial charge >= 0.3 is 23.0 Å². The van der Waals surface area contributed by atoms with Crippen LogP contribution in [0.1, 0.15) is 57.8 Å². The molecule has 7 rings (SSSR count). The third-order valence-electron chi connectivity index (χ3n) is 10.5. The minimum absolute atomic E-state index is 0.00119. The molecule has 248 valence electrons. The standard InChI is InChI=1S/C31H43N3O11/c35-17-31(6-5-23-26(15-31)45-23)18-41-11-8-33-28(37)32(7-10-40-16-19-1-3-21-24(13-19)43-21)29(38)34(30(33)39)9-12-42-27(36)20-2-4-22-25(14-20)44-22/h17,19-26H,1-16,18H2. The van der Waals surface area contributed by atoms with E-state index in [2.05, 4.69) is 0 Å².